The fourth-order valence-corrected chi connectivity index (χ4v) is 1.88. The third kappa shape index (κ3) is 2.92. The Bertz CT molecular complexity index is 510. The molecule has 2 rings (SSSR count). The Labute approximate surface area is 107 Å². The van der Waals surface area contributed by atoms with Crippen molar-refractivity contribution in [3.8, 4) is 5.69 Å². The predicted molar refractivity (Wildman–Crippen MR) is 70.6 cm³/mol. The molecule has 0 aliphatic rings. The zero-order valence-corrected chi connectivity index (χ0v) is 11.3. The van der Waals surface area contributed by atoms with Crippen molar-refractivity contribution >= 4 is 0 Å². The van der Waals surface area contributed by atoms with Crippen LogP contribution in [0, 0.1) is 13.8 Å². The van der Waals surface area contributed by atoms with Crippen LogP contribution in [-0.4, -0.2) is 26.2 Å². The van der Waals surface area contributed by atoms with Gasteiger partial charge in [0, 0.05) is 6.04 Å². The van der Waals surface area contributed by atoms with Crippen LogP contribution < -0.4 is 5.32 Å². The number of hydrogen-bond donors (Lipinski definition) is 1. The Morgan fingerprint density at radius 1 is 1.17 bits per heavy atom. The molecule has 5 nitrogen and oxygen atoms in total. The molecule has 2 aromatic rings. The summed E-state index contributed by atoms with van der Waals surface area (Å²) in [6, 6.07) is 6.72. The zero-order valence-electron chi connectivity index (χ0n) is 11.3. The van der Waals surface area contributed by atoms with Crippen molar-refractivity contribution in [1.82, 2.24) is 25.5 Å². The first-order valence-electron chi connectivity index (χ1n) is 6.15. The Morgan fingerprint density at radius 3 is 2.44 bits per heavy atom. The minimum Gasteiger partial charge on any atom is -0.308 e. The second kappa shape index (κ2) is 5.27. The fourth-order valence-electron chi connectivity index (χ4n) is 1.88. The highest BCUT2D eigenvalue weighted by Gasteiger charge is 2.09. The summed E-state index contributed by atoms with van der Waals surface area (Å²) in [7, 11) is 0. The highest BCUT2D eigenvalue weighted by Crippen LogP contribution is 2.13. The van der Waals surface area contributed by atoms with Gasteiger partial charge >= 0.3 is 0 Å². The van der Waals surface area contributed by atoms with Crippen LogP contribution in [0.5, 0.6) is 0 Å². The van der Waals surface area contributed by atoms with E-state index in [0.717, 1.165) is 11.5 Å². The molecule has 0 radical (unpaired) electrons. The minimum atomic E-state index is 0.411. The first-order valence-corrected chi connectivity index (χ1v) is 6.15. The van der Waals surface area contributed by atoms with Gasteiger partial charge in [-0.25, -0.2) is 0 Å². The quantitative estimate of drug-likeness (QED) is 0.892. The number of tetrazole rings is 1. The van der Waals surface area contributed by atoms with Crippen LogP contribution in [0.15, 0.2) is 18.2 Å². The first-order chi connectivity index (χ1) is 8.56. The normalized spacial score (nSPS) is 11.2. The maximum absolute atomic E-state index is 4.06. The van der Waals surface area contributed by atoms with Crippen LogP contribution in [0.1, 0.15) is 30.8 Å². The number of benzene rings is 1. The van der Waals surface area contributed by atoms with Crippen molar-refractivity contribution in [3.63, 3.8) is 0 Å². The first kappa shape index (κ1) is 12.7. The molecule has 0 unspecified atom stereocenters. The van der Waals surface area contributed by atoms with E-state index in [9.17, 15) is 0 Å². The van der Waals surface area contributed by atoms with Crippen molar-refractivity contribution in [2.45, 2.75) is 40.3 Å². The van der Waals surface area contributed by atoms with Crippen LogP contribution in [0.3, 0.4) is 0 Å². The summed E-state index contributed by atoms with van der Waals surface area (Å²) < 4.78 is 1.79. The van der Waals surface area contributed by atoms with Gasteiger partial charge in [-0.15, -0.1) is 5.10 Å². The van der Waals surface area contributed by atoms with E-state index in [1.807, 2.05) is 0 Å². The van der Waals surface area contributed by atoms with Crippen LogP contribution in [0.4, 0.5) is 0 Å². The van der Waals surface area contributed by atoms with E-state index in [1.165, 1.54) is 11.1 Å². The Morgan fingerprint density at radius 2 is 1.83 bits per heavy atom. The molecular weight excluding hydrogens is 226 g/mol. The molecule has 18 heavy (non-hydrogen) atoms. The lowest BCUT2D eigenvalue weighted by atomic mass is 10.1. The molecule has 0 spiro atoms. The molecule has 0 aliphatic heterocycles. The van der Waals surface area contributed by atoms with E-state index in [-0.39, 0.29) is 0 Å². The van der Waals surface area contributed by atoms with Crippen LogP contribution >= 0.6 is 0 Å². The summed E-state index contributed by atoms with van der Waals surface area (Å²) in [5.41, 5.74) is 3.43. The van der Waals surface area contributed by atoms with Gasteiger partial charge in [-0.1, -0.05) is 19.9 Å². The van der Waals surface area contributed by atoms with Gasteiger partial charge in [0.25, 0.3) is 0 Å². The molecule has 0 saturated heterocycles. The number of aromatic nitrogens is 4. The average Bonchev–Trinajstić information content (AvgIpc) is 2.72. The van der Waals surface area contributed by atoms with Gasteiger partial charge < -0.3 is 5.32 Å². The van der Waals surface area contributed by atoms with E-state index >= 15 is 0 Å². The van der Waals surface area contributed by atoms with Gasteiger partial charge in [0.2, 0.25) is 0 Å². The smallest absolute Gasteiger partial charge is 0.170 e. The van der Waals surface area contributed by atoms with Crippen molar-refractivity contribution in [1.29, 1.82) is 0 Å². The summed E-state index contributed by atoms with van der Waals surface area (Å²) >= 11 is 0. The molecule has 1 heterocycles. The molecule has 0 saturated carbocycles. The molecule has 96 valence electrons. The molecule has 0 aliphatic carbocycles. The van der Waals surface area contributed by atoms with Gasteiger partial charge in [-0.05, 0) is 47.5 Å². The Kier molecular flexibility index (Phi) is 3.72. The summed E-state index contributed by atoms with van der Waals surface area (Å²) in [5.74, 6) is 0.828. The van der Waals surface area contributed by atoms with Crippen molar-refractivity contribution < 1.29 is 0 Å². The lowest BCUT2D eigenvalue weighted by Gasteiger charge is -2.09. The second-order valence-corrected chi connectivity index (χ2v) is 4.89. The average molecular weight is 245 g/mol. The van der Waals surface area contributed by atoms with E-state index in [0.29, 0.717) is 12.6 Å². The maximum atomic E-state index is 4.06. The molecule has 1 aromatic carbocycles. The summed E-state index contributed by atoms with van der Waals surface area (Å²) in [6.45, 7) is 9.02. The van der Waals surface area contributed by atoms with Gasteiger partial charge in [-0.3, -0.25) is 0 Å². The van der Waals surface area contributed by atoms with Crippen LogP contribution in [0.2, 0.25) is 0 Å². The minimum absolute atomic E-state index is 0.411. The largest absolute Gasteiger partial charge is 0.308 e. The molecular formula is C13H19N5. The molecule has 0 bridgehead atoms. The van der Waals surface area contributed by atoms with E-state index in [2.05, 4.69) is 66.7 Å². The van der Waals surface area contributed by atoms with Crippen LogP contribution in [-0.2, 0) is 6.54 Å². The molecule has 1 aromatic heterocycles. The standard InChI is InChI=1S/C13H19N5/c1-9(2)14-8-13-15-16-17-18(13)12-6-10(3)5-11(4)7-12/h5-7,9,14H,8H2,1-4H3. The summed E-state index contributed by atoms with van der Waals surface area (Å²) in [6.07, 6.45) is 0. The van der Waals surface area contributed by atoms with E-state index in [4.69, 9.17) is 0 Å². The van der Waals surface area contributed by atoms with E-state index < -0.39 is 0 Å². The highest BCUT2D eigenvalue weighted by molar-refractivity contribution is 5.39. The topological polar surface area (TPSA) is 55.6 Å². The fraction of sp³-hybridized carbons (Fsp3) is 0.462. The van der Waals surface area contributed by atoms with Gasteiger partial charge in [-0.2, -0.15) is 4.68 Å². The summed E-state index contributed by atoms with van der Waals surface area (Å²) in [5, 5.41) is 15.2. The number of nitrogens with one attached hydrogen (secondary N) is 1. The maximum Gasteiger partial charge on any atom is 0.170 e. The lowest BCUT2D eigenvalue weighted by Crippen LogP contribution is -2.24. The van der Waals surface area contributed by atoms with Gasteiger partial charge in [0.15, 0.2) is 5.82 Å². The molecule has 1 N–H and O–H groups in total. The third-order valence-electron chi connectivity index (χ3n) is 2.65. The molecule has 0 amide bonds. The molecule has 0 atom stereocenters. The molecule has 5 heteroatoms. The van der Waals surface area contributed by atoms with Crippen molar-refractivity contribution in [2.75, 3.05) is 0 Å². The van der Waals surface area contributed by atoms with Crippen molar-refractivity contribution in [2.24, 2.45) is 0 Å². The van der Waals surface area contributed by atoms with Gasteiger partial charge in [0.1, 0.15) is 0 Å². The van der Waals surface area contributed by atoms with Crippen LogP contribution in [0.25, 0.3) is 5.69 Å². The number of hydrogen-bond acceptors (Lipinski definition) is 4. The number of aryl methyl sites for hydroxylation is 2. The Balaban J connectivity index is 2.30. The SMILES string of the molecule is Cc1cc(C)cc(-n2nnnc2CNC(C)C)c1. The van der Waals surface area contributed by atoms with Crippen molar-refractivity contribution in [3.05, 3.63) is 35.2 Å². The number of rotatable bonds is 4. The third-order valence-corrected chi connectivity index (χ3v) is 2.65. The zero-order chi connectivity index (χ0) is 13.1. The lowest BCUT2D eigenvalue weighted by molar-refractivity contribution is 0.563. The summed E-state index contributed by atoms with van der Waals surface area (Å²) in [4.78, 5) is 0. The number of nitrogens with zero attached hydrogens (tertiary/aromatic N) is 4. The Hall–Kier alpha value is -1.75. The van der Waals surface area contributed by atoms with E-state index in [1.54, 1.807) is 4.68 Å². The molecule has 0 fully saturated rings. The van der Waals surface area contributed by atoms with Gasteiger partial charge in [0.05, 0.1) is 12.2 Å². The predicted octanol–water partition coefficient (Wildman–Crippen LogP) is 1.78. The highest BCUT2D eigenvalue weighted by atomic mass is 15.5. The second-order valence-electron chi connectivity index (χ2n) is 4.89. The monoisotopic (exact) mass is 245 g/mol.